The standard InChI is InChI=1S/C45H48N2P2/c1-44(2,3)49(43-35-22-29-21-30(24-35)25-36(43)23-29)28-37-26-34(31-11-5-4-6-12-31)27-38(37)45(48,41-19-17-32-13-7-9-15-39(32)46-41)42-20-18-33-14-8-10-16-40(33)47-42/h4-20,26-27,29-30,35-37,43H,21-25,28,48H2,1-3H3. The largest absolute Gasteiger partial charge is 0.251 e. The molecular weight excluding hydrogens is 630 g/mol. The second kappa shape index (κ2) is 12.2. The zero-order valence-corrected chi connectivity index (χ0v) is 31.1. The number of hydrogen-bond donors (Lipinski definition) is 0. The molecule has 3 aromatic carbocycles. The van der Waals surface area contributed by atoms with Crippen molar-refractivity contribution in [3.8, 4) is 0 Å². The molecule has 0 radical (unpaired) electrons. The van der Waals surface area contributed by atoms with Gasteiger partial charge >= 0.3 is 0 Å². The van der Waals surface area contributed by atoms with Gasteiger partial charge < -0.3 is 0 Å². The normalized spacial score (nSPS) is 27.0. The van der Waals surface area contributed by atoms with Gasteiger partial charge in [-0.2, -0.15) is 0 Å². The van der Waals surface area contributed by atoms with E-state index in [1.165, 1.54) is 65.7 Å². The zero-order valence-electron chi connectivity index (χ0n) is 29.1. The molecule has 0 N–H and O–H groups in total. The predicted octanol–water partition coefficient (Wildman–Crippen LogP) is 11.6. The Kier molecular flexibility index (Phi) is 7.94. The molecule has 2 heterocycles. The molecule has 0 saturated heterocycles. The topological polar surface area (TPSA) is 25.8 Å². The van der Waals surface area contributed by atoms with Crippen molar-refractivity contribution < 1.29 is 0 Å². The van der Waals surface area contributed by atoms with Gasteiger partial charge in [-0.25, -0.2) is 0 Å². The van der Waals surface area contributed by atoms with E-state index < -0.39 is 5.16 Å². The summed E-state index contributed by atoms with van der Waals surface area (Å²) in [5.74, 6) is 4.16. The summed E-state index contributed by atoms with van der Waals surface area (Å²) in [6.45, 7) is 7.69. The van der Waals surface area contributed by atoms with Crippen LogP contribution in [0.2, 0.25) is 0 Å². The highest BCUT2D eigenvalue weighted by molar-refractivity contribution is 7.60. The van der Waals surface area contributed by atoms with Gasteiger partial charge in [-0.15, -0.1) is 9.24 Å². The lowest BCUT2D eigenvalue weighted by Crippen LogP contribution is -2.49. The molecule has 3 atom stereocenters. The number of aromatic nitrogens is 2. The summed E-state index contributed by atoms with van der Waals surface area (Å²) in [5, 5.41) is 2.04. The van der Waals surface area contributed by atoms with Crippen molar-refractivity contribution in [1.29, 1.82) is 0 Å². The van der Waals surface area contributed by atoms with Crippen LogP contribution in [0.15, 0.2) is 121 Å². The minimum atomic E-state index is -0.589. The minimum Gasteiger partial charge on any atom is -0.251 e. The SMILES string of the molecule is CC(C)(C)P(CC1C=C(c2ccccc2)C=C1C(P)(c1ccc2ccccc2n1)c1ccc2ccccc2n1)C1C2CC3CC(C2)CC1C3. The van der Waals surface area contributed by atoms with Gasteiger partial charge in [-0.3, -0.25) is 9.97 Å². The lowest BCUT2D eigenvalue weighted by molar-refractivity contribution is 0.0242. The third kappa shape index (κ3) is 5.63. The third-order valence-corrected chi connectivity index (χ3v) is 17.4. The molecule has 0 amide bonds. The van der Waals surface area contributed by atoms with Gasteiger partial charge in [0.25, 0.3) is 0 Å². The molecule has 0 aliphatic heterocycles. The summed E-state index contributed by atoms with van der Waals surface area (Å²) in [4.78, 5) is 10.9. The first-order valence-corrected chi connectivity index (χ1v) is 20.7. The van der Waals surface area contributed by atoms with Gasteiger partial charge in [0.15, 0.2) is 0 Å². The smallest absolute Gasteiger partial charge is 0.0903 e. The fraction of sp³-hybridized carbons (Fsp3) is 0.378. The summed E-state index contributed by atoms with van der Waals surface area (Å²) in [6.07, 6.45) is 13.8. The Balaban J connectivity index is 1.21. The van der Waals surface area contributed by atoms with Crippen LogP contribution in [-0.4, -0.2) is 26.9 Å². The Morgan fingerprint density at radius 2 is 1.18 bits per heavy atom. The summed E-state index contributed by atoms with van der Waals surface area (Å²) in [5.41, 5.74) is 9.09. The average molecular weight is 679 g/mol. The van der Waals surface area contributed by atoms with Crippen molar-refractivity contribution in [2.75, 3.05) is 6.16 Å². The van der Waals surface area contributed by atoms with E-state index in [1.807, 2.05) is 0 Å². The van der Waals surface area contributed by atoms with E-state index >= 15 is 0 Å². The van der Waals surface area contributed by atoms with Gasteiger partial charge in [0, 0.05) is 16.7 Å². The fourth-order valence-corrected chi connectivity index (χ4v) is 15.0. The molecule has 2 nitrogen and oxygen atoms in total. The number of nitrogens with zero attached hydrogens (tertiary/aromatic N) is 2. The van der Waals surface area contributed by atoms with Gasteiger partial charge in [0.05, 0.1) is 27.6 Å². The minimum absolute atomic E-state index is 0.254. The van der Waals surface area contributed by atoms with Crippen molar-refractivity contribution in [1.82, 2.24) is 9.97 Å². The van der Waals surface area contributed by atoms with Crippen LogP contribution >= 0.6 is 17.2 Å². The molecule has 4 saturated carbocycles. The Labute approximate surface area is 295 Å². The van der Waals surface area contributed by atoms with E-state index in [2.05, 4.69) is 145 Å². The number of rotatable bonds is 7. The van der Waals surface area contributed by atoms with Gasteiger partial charge in [0.1, 0.15) is 0 Å². The molecular formula is C45H48N2P2. The van der Waals surface area contributed by atoms with Crippen LogP contribution in [0.3, 0.4) is 0 Å². The van der Waals surface area contributed by atoms with Crippen LogP contribution in [0.1, 0.15) is 69.8 Å². The van der Waals surface area contributed by atoms with E-state index in [0.29, 0.717) is 5.92 Å². The second-order valence-corrected chi connectivity index (χ2v) is 20.6. The molecule has 5 aliphatic carbocycles. The maximum Gasteiger partial charge on any atom is 0.0903 e. The van der Waals surface area contributed by atoms with Gasteiger partial charge in [0.2, 0.25) is 0 Å². The number of fused-ring (bicyclic) bond motifs is 2. The van der Waals surface area contributed by atoms with E-state index in [1.54, 1.807) is 0 Å². The van der Waals surface area contributed by atoms with Crippen molar-refractivity contribution in [3.05, 3.63) is 138 Å². The Bertz CT molecular complexity index is 1980. The number of para-hydroxylation sites is 2. The third-order valence-electron chi connectivity index (χ3n) is 12.5. The number of hydrogen-bond acceptors (Lipinski definition) is 2. The first-order valence-electron chi connectivity index (χ1n) is 18.5. The molecule has 4 bridgehead atoms. The highest BCUT2D eigenvalue weighted by atomic mass is 31.1. The summed E-state index contributed by atoms with van der Waals surface area (Å²) < 4.78 is 0. The van der Waals surface area contributed by atoms with Gasteiger partial charge in [-0.1, -0.05) is 120 Å². The molecule has 2 aromatic heterocycles. The molecule has 10 rings (SSSR count). The van der Waals surface area contributed by atoms with Crippen LogP contribution in [0.5, 0.6) is 0 Å². The fourth-order valence-electron chi connectivity index (χ4n) is 10.5. The molecule has 49 heavy (non-hydrogen) atoms. The molecule has 5 aromatic rings. The maximum absolute atomic E-state index is 5.44. The highest BCUT2D eigenvalue weighted by Gasteiger charge is 2.53. The molecule has 4 heteroatoms. The monoisotopic (exact) mass is 678 g/mol. The van der Waals surface area contributed by atoms with Crippen molar-refractivity contribution >= 4 is 44.5 Å². The number of benzene rings is 3. The van der Waals surface area contributed by atoms with E-state index in [9.17, 15) is 0 Å². The Morgan fingerprint density at radius 1 is 0.653 bits per heavy atom. The van der Waals surface area contributed by atoms with Crippen LogP contribution in [0.4, 0.5) is 0 Å². The van der Waals surface area contributed by atoms with Crippen LogP contribution in [-0.2, 0) is 5.16 Å². The summed E-state index contributed by atoms with van der Waals surface area (Å²) in [6, 6.07) is 37.1. The first-order chi connectivity index (χ1) is 23.7. The lowest BCUT2D eigenvalue weighted by Gasteiger charge is -2.59. The van der Waals surface area contributed by atoms with E-state index in [0.717, 1.165) is 51.8 Å². The predicted molar refractivity (Wildman–Crippen MR) is 212 cm³/mol. The molecule has 248 valence electrons. The molecule has 3 unspecified atom stereocenters. The van der Waals surface area contributed by atoms with Crippen LogP contribution < -0.4 is 0 Å². The lowest BCUT2D eigenvalue weighted by atomic mass is 9.56. The molecule has 5 aliphatic rings. The van der Waals surface area contributed by atoms with E-state index in [4.69, 9.17) is 9.97 Å². The average Bonchev–Trinajstić information content (AvgIpc) is 3.54. The van der Waals surface area contributed by atoms with Crippen molar-refractivity contribution in [2.24, 2.45) is 29.6 Å². The van der Waals surface area contributed by atoms with Crippen LogP contribution in [0.25, 0.3) is 27.4 Å². The summed E-state index contributed by atoms with van der Waals surface area (Å²) >= 11 is 0. The highest BCUT2D eigenvalue weighted by Crippen LogP contribution is 2.69. The second-order valence-electron chi connectivity index (χ2n) is 16.5. The Hall–Kier alpha value is -3.18. The molecule has 0 spiro atoms. The number of allylic oxidation sites excluding steroid dienone is 4. The molecule has 4 fully saturated rings. The summed E-state index contributed by atoms with van der Waals surface area (Å²) in [7, 11) is 3.10. The quantitative estimate of drug-likeness (QED) is 0.160. The van der Waals surface area contributed by atoms with Gasteiger partial charge in [-0.05, 0) is 114 Å². The first kappa shape index (κ1) is 31.8. The van der Waals surface area contributed by atoms with E-state index in [-0.39, 0.29) is 13.1 Å². The van der Waals surface area contributed by atoms with Crippen molar-refractivity contribution in [2.45, 2.75) is 68.8 Å². The maximum atomic E-state index is 5.44. The number of pyridine rings is 2. The van der Waals surface area contributed by atoms with Crippen LogP contribution in [0, 0.1) is 29.6 Å². The van der Waals surface area contributed by atoms with Crippen molar-refractivity contribution in [3.63, 3.8) is 0 Å². The Morgan fingerprint density at radius 3 is 1.73 bits per heavy atom. The zero-order chi connectivity index (χ0) is 33.3.